The maximum absolute atomic E-state index is 11.1. The summed E-state index contributed by atoms with van der Waals surface area (Å²) < 4.78 is 5.27. The van der Waals surface area contributed by atoms with Crippen molar-refractivity contribution in [3.05, 3.63) is 0 Å². The topological polar surface area (TPSA) is 70.0 Å². The Morgan fingerprint density at radius 2 is 2.12 bits per heavy atom. The molecule has 2 atom stereocenters. The Morgan fingerprint density at radius 1 is 1.47 bits per heavy atom. The quantitative estimate of drug-likeness (QED) is 0.716. The molecule has 17 heavy (non-hydrogen) atoms. The van der Waals surface area contributed by atoms with Gasteiger partial charge in [0, 0.05) is 12.6 Å². The molecule has 2 N–H and O–H groups in total. The van der Waals surface area contributed by atoms with E-state index in [1.807, 2.05) is 11.8 Å². The van der Waals surface area contributed by atoms with Crippen molar-refractivity contribution in [1.82, 2.24) is 4.90 Å². The second kappa shape index (κ2) is 5.80. The summed E-state index contributed by atoms with van der Waals surface area (Å²) in [5, 5.41) is 19.0. The third-order valence-corrected chi connectivity index (χ3v) is 2.94. The fourth-order valence-electron chi connectivity index (χ4n) is 2.29. The lowest BCUT2D eigenvalue weighted by molar-refractivity contribution is -0.143. The third-order valence-electron chi connectivity index (χ3n) is 2.94. The summed E-state index contributed by atoms with van der Waals surface area (Å²) >= 11 is 0. The molecule has 1 fully saturated rings. The van der Waals surface area contributed by atoms with Gasteiger partial charge in [-0.25, -0.2) is 0 Å². The Kier molecular flexibility index (Phi) is 4.91. The molecule has 0 radical (unpaired) electrons. The maximum Gasteiger partial charge on any atom is 0.310 e. The summed E-state index contributed by atoms with van der Waals surface area (Å²) in [6, 6.07) is -0.126. The summed E-state index contributed by atoms with van der Waals surface area (Å²) in [7, 11) is 0. The predicted molar refractivity (Wildman–Crippen MR) is 63.9 cm³/mol. The molecule has 100 valence electrons. The average molecular weight is 245 g/mol. The lowest BCUT2D eigenvalue weighted by atomic mass is 10.00. The number of aliphatic carboxylic acids is 1. The van der Waals surface area contributed by atoms with Crippen LogP contribution in [0.15, 0.2) is 0 Å². The second-order valence-corrected chi connectivity index (χ2v) is 5.33. The molecule has 1 heterocycles. The highest BCUT2D eigenvalue weighted by atomic mass is 16.5. The Bertz CT molecular complexity index is 262. The molecule has 0 aromatic heterocycles. The molecule has 0 saturated carbocycles. The fourth-order valence-corrected chi connectivity index (χ4v) is 2.29. The van der Waals surface area contributed by atoms with Gasteiger partial charge in [-0.2, -0.15) is 0 Å². The van der Waals surface area contributed by atoms with Gasteiger partial charge in [0.25, 0.3) is 0 Å². The molecule has 0 aromatic rings. The molecule has 1 rings (SSSR count). The zero-order valence-corrected chi connectivity index (χ0v) is 10.8. The number of carbonyl (C=O) groups is 1. The standard InChI is InChI=1S/C12H23NO4/c1-4-5-13(8-12(2,3)16)10-7-17-6-9(10)11(14)15/h9-10,16H,4-8H2,1-3H3,(H,14,15). The Hall–Kier alpha value is -0.650. The first-order valence-corrected chi connectivity index (χ1v) is 6.12. The van der Waals surface area contributed by atoms with Crippen LogP contribution in [0.2, 0.25) is 0 Å². The molecule has 0 spiro atoms. The highest BCUT2D eigenvalue weighted by Crippen LogP contribution is 2.22. The van der Waals surface area contributed by atoms with Crippen LogP contribution in [0.25, 0.3) is 0 Å². The van der Waals surface area contributed by atoms with E-state index in [-0.39, 0.29) is 12.6 Å². The fraction of sp³-hybridized carbons (Fsp3) is 0.917. The lowest BCUT2D eigenvalue weighted by Gasteiger charge is -2.34. The largest absolute Gasteiger partial charge is 0.481 e. The van der Waals surface area contributed by atoms with Gasteiger partial charge >= 0.3 is 5.97 Å². The van der Waals surface area contributed by atoms with Crippen molar-refractivity contribution < 1.29 is 19.7 Å². The van der Waals surface area contributed by atoms with Crippen LogP contribution in [-0.2, 0) is 9.53 Å². The highest BCUT2D eigenvalue weighted by molar-refractivity contribution is 5.71. The first-order valence-electron chi connectivity index (χ1n) is 6.12. The smallest absolute Gasteiger partial charge is 0.310 e. The van der Waals surface area contributed by atoms with Crippen LogP contribution in [-0.4, -0.2) is 59.0 Å². The van der Waals surface area contributed by atoms with E-state index in [0.29, 0.717) is 13.2 Å². The monoisotopic (exact) mass is 245 g/mol. The predicted octanol–water partition coefficient (Wildman–Crippen LogP) is 0.569. The summed E-state index contributed by atoms with van der Waals surface area (Å²) in [6.45, 7) is 7.48. The molecule has 0 amide bonds. The van der Waals surface area contributed by atoms with Crippen LogP contribution in [0.1, 0.15) is 27.2 Å². The summed E-state index contributed by atoms with van der Waals surface area (Å²) in [5.74, 6) is -1.30. The Morgan fingerprint density at radius 3 is 2.59 bits per heavy atom. The van der Waals surface area contributed by atoms with Gasteiger partial charge in [0.2, 0.25) is 0 Å². The van der Waals surface area contributed by atoms with Crippen LogP contribution in [0, 0.1) is 5.92 Å². The zero-order chi connectivity index (χ0) is 13.1. The van der Waals surface area contributed by atoms with Crippen LogP contribution in [0.3, 0.4) is 0 Å². The van der Waals surface area contributed by atoms with Crippen molar-refractivity contribution in [2.45, 2.75) is 38.8 Å². The number of hydrogen-bond donors (Lipinski definition) is 2. The van der Waals surface area contributed by atoms with E-state index in [4.69, 9.17) is 9.84 Å². The van der Waals surface area contributed by atoms with Crippen LogP contribution in [0.5, 0.6) is 0 Å². The number of nitrogens with zero attached hydrogens (tertiary/aromatic N) is 1. The van der Waals surface area contributed by atoms with Crippen LogP contribution < -0.4 is 0 Å². The number of aliphatic hydroxyl groups is 1. The van der Waals surface area contributed by atoms with Gasteiger partial charge in [-0.15, -0.1) is 0 Å². The molecule has 5 nitrogen and oxygen atoms in total. The average Bonchev–Trinajstić information content (AvgIpc) is 2.62. The molecule has 1 saturated heterocycles. The van der Waals surface area contributed by atoms with Gasteiger partial charge in [0.05, 0.1) is 24.7 Å². The summed E-state index contributed by atoms with van der Waals surface area (Å²) in [4.78, 5) is 13.2. The van der Waals surface area contributed by atoms with E-state index in [1.54, 1.807) is 13.8 Å². The van der Waals surface area contributed by atoms with Crippen molar-refractivity contribution in [3.63, 3.8) is 0 Å². The number of carboxylic acid groups (broad SMARTS) is 1. The van der Waals surface area contributed by atoms with Gasteiger partial charge in [-0.05, 0) is 26.8 Å². The van der Waals surface area contributed by atoms with Gasteiger partial charge in [0.15, 0.2) is 0 Å². The number of ether oxygens (including phenoxy) is 1. The Labute approximate surface area is 102 Å². The van der Waals surface area contributed by atoms with Crippen molar-refractivity contribution in [1.29, 1.82) is 0 Å². The second-order valence-electron chi connectivity index (χ2n) is 5.33. The third kappa shape index (κ3) is 4.26. The minimum Gasteiger partial charge on any atom is -0.481 e. The van der Waals surface area contributed by atoms with Gasteiger partial charge in [0.1, 0.15) is 0 Å². The number of carboxylic acids is 1. The van der Waals surface area contributed by atoms with E-state index >= 15 is 0 Å². The molecule has 1 aliphatic heterocycles. The van der Waals surface area contributed by atoms with Crippen molar-refractivity contribution in [3.8, 4) is 0 Å². The van der Waals surface area contributed by atoms with Crippen molar-refractivity contribution in [2.75, 3.05) is 26.3 Å². The first kappa shape index (κ1) is 14.4. The molecule has 0 aromatic carbocycles. The maximum atomic E-state index is 11.1. The molecule has 5 heteroatoms. The van der Waals surface area contributed by atoms with E-state index in [1.165, 1.54) is 0 Å². The van der Waals surface area contributed by atoms with Gasteiger partial charge in [-0.3, -0.25) is 9.69 Å². The molecule has 2 unspecified atom stereocenters. The normalized spacial score (nSPS) is 25.5. The minimum atomic E-state index is -0.819. The highest BCUT2D eigenvalue weighted by Gasteiger charge is 2.38. The minimum absolute atomic E-state index is 0.126. The molecular weight excluding hydrogens is 222 g/mol. The SMILES string of the molecule is CCCN(CC(C)(C)O)C1COCC1C(=O)O. The van der Waals surface area contributed by atoms with E-state index < -0.39 is 17.5 Å². The molecular formula is C12H23NO4. The summed E-state index contributed by atoms with van der Waals surface area (Å²) in [5.41, 5.74) is -0.819. The first-order chi connectivity index (χ1) is 7.85. The van der Waals surface area contributed by atoms with Gasteiger partial charge < -0.3 is 14.9 Å². The zero-order valence-electron chi connectivity index (χ0n) is 10.8. The van der Waals surface area contributed by atoms with E-state index in [2.05, 4.69) is 0 Å². The molecule has 0 bridgehead atoms. The number of hydrogen-bond acceptors (Lipinski definition) is 4. The van der Waals surface area contributed by atoms with E-state index in [9.17, 15) is 9.90 Å². The lowest BCUT2D eigenvalue weighted by Crippen LogP contribution is -2.49. The van der Waals surface area contributed by atoms with E-state index in [0.717, 1.165) is 13.0 Å². The summed E-state index contributed by atoms with van der Waals surface area (Å²) in [6.07, 6.45) is 0.929. The number of rotatable bonds is 6. The van der Waals surface area contributed by atoms with Crippen LogP contribution in [0.4, 0.5) is 0 Å². The van der Waals surface area contributed by atoms with Crippen molar-refractivity contribution >= 4 is 5.97 Å². The van der Waals surface area contributed by atoms with Crippen LogP contribution >= 0.6 is 0 Å². The Balaban J connectivity index is 2.72. The molecule has 1 aliphatic rings. The van der Waals surface area contributed by atoms with Gasteiger partial charge in [-0.1, -0.05) is 6.92 Å². The van der Waals surface area contributed by atoms with Crippen molar-refractivity contribution in [2.24, 2.45) is 5.92 Å². The molecule has 0 aliphatic carbocycles.